The van der Waals surface area contributed by atoms with Crippen LogP contribution in [0.25, 0.3) is 10.8 Å². The number of halogens is 6. The first-order valence-corrected chi connectivity index (χ1v) is 6.47. The topological polar surface area (TPSA) is 20.2 Å². The van der Waals surface area contributed by atoms with Gasteiger partial charge in [0.25, 0.3) is 5.60 Å². The van der Waals surface area contributed by atoms with Gasteiger partial charge in [0, 0.05) is 5.56 Å². The van der Waals surface area contributed by atoms with Crippen molar-refractivity contribution < 1.29 is 31.4 Å². The first-order chi connectivity index (χ1) is 10.1. The van der Waals surface area contributed by atoms with Crippen molar-refractivity contribution in [3.8, 4) is 0 Å². The summed E-state index contributed by atoms with van der Waals surface area (Å²) in [6, 6.07) is 6.22. The number of aliphatic hydroxyl groups is 1. The second-order valence-electron chi connectivity index (χ2n) is 5.32. The first-order valence-electron chi connectivity index (χ1n) is 6.47. The lowest BCUT2D eigenvalue weighted by molar-refractivity contribution is -0.375. The van der Waals surface area contributed by atoms with Crippen molar-refractivity contribution in [2.24, 2.45) is 0 Å². The van der Waals surface area contributed by atoms with Gasteiger partial charge in [0.2, 0.25) is 0 Å². The van der Waals surface area contributed by atoms with Crippen LogP contribution in [0.1, 0.15) is 16.7 Å². The predicted molar refractivity (Wildman–Crippen MR) is 67.4 cm³/mol. The molecule has 2 aromatic rings. The highest BCUT2D eigenvalue weighted by molar-refractivity contribution is 5.94. The van der Waals surface area contributed by atoms with Crippen molar-refractivity contribution in [1.29, 1.82) is 0 Å². The maximum atomic E-state index is 13.1. The molecule has 2 aromatic carbocycles. The zero-order valence-corrected chi connectivity index (χ0v) is 11.0. The van der Waals surface area contributed by atoms with E-state index < -0.39 is 23.5 Å². The van der Waals surface area contributed by atoms with Crippen molar-refractivity contribution in [2.75, 3.05) is 0 Å². The number of aryl methyl sites for hydroxylation is 2. The van der Waals surface area contributed by atoms with Gasteiger partial charge in [-0.2, -0.15) is 26.3 Å². The van der Waals surface area contributed by atoms with Crippen molar-refractivity contribution in [2.45, 2.75) is 30.8 Å². The Morgan fingerprint density at radius 1 is 0.773 bits per heavy atom. The van der Waals surface area contributed by atoms with E-state index in [1.807, 2.05) is 0 Å². The molecule has 3 rings (SSSR count). The largest absolute Gasteiger partial charge is 0.430 e. The van der Waals surface area contributed by atoms with E-state index in [9.17, 15) is 31.4 Å². The zero-order chi connectivity index (χ0) is 16.3. The van der Waals surface area contributed by atoms with Crippen molar-refractivity contribution in [1.82, 2.24) is 0 Å². The second-order valence-corrected chi connectivity index (χ2v) is 5.32. The number of benzene rings is 2. The molecule has 118 valence electrons. The molecule has 0 fully saturated rings. The maximum absolute atomic E-state index is 13.1. The lowest BCUT2D eigenvalue weighted by Gasteiger charge is -2.33. The van der Waals surface area contributed by atoms with E-state index in [1.165, 1.54) is 18.2 Å². The highest BCUT2D eigenvalue weighted by Crippen LogP contribution is 2.52. The normalized spacial score (nSPS) is 15.6. The summed E-state index contributed by atoms with van der Waals surface area (Å²) in [4.78, 5) is 0. The van der Waals surface area contributed by atoms with Crippen molar-refractivity contribution in [3.05, 3.63) is 47.0 Å². The Labute approximate surface area is 121 Å². The van der Waals surface area contributed by atoms with Crippen LogP contribution in [-0.2, 0) is 18.4 Å². The minimum Gasteiger partial charge on any atom is -0.369 e. The van der Waals surface area contributed by atoms with Crippen LogP contribution >= 0.6 is 0 Å². The van der Waals surface area contributed by atoms with E-state index >= 15 is 0 Å². The smallest absolute Gasteiger partial charge is 0.369 e. The van der Waals surface area contributed by atoms with E-state index in [-0.39, 0.29) is 5.39 Å². The molecule has 1 nitrogen and oxygen atoms in total. The lowest BCUT2D eigenvalue weighted by atomic mass is 9.86. The van der Waals surface area contributed by atoms with Crippen LogP contribution in [0.2, 0.25) is 0 Å². The van der Waals surface area contributed by atoms with Gasteiger partial charge in [-0.1, -0.05) is 30.3 Å². The molecule has 7 heteroatoms. The minimum atomic E-state index is -5.87. The Kier molecular flexibility index (Phi) is 3.01. The quantitative estimate of drug-likeness (QED) is 0.779. The molecule has 0 saturated heterocycles. The van der Waals surface area contributed by atoms with E-state index in [0.29, 0.717) is 29.4 Å². The summed E-state index contributed by atoms with van der Waals surface area (Å²) >= 11 is 0. The van der Waals surface area contributed by atoms with Gasteiger partial charge in [-0.05, 0) is 34.7 Å². The fourth-order valence-electron chi connectivity index (χ4n) is 3.03. The van der Waals surface area contributed by atoms with Crippen molar-refractivity contribution >= 4 is 10.8 Å². The Morgan fingerprint density at radius 2 is 1.32 bits per heavy atom. The number of hydrogen-bond acceptors (Lipinski definition) is 1. The van der Waals surface area contributed by atoms with E-state index in [2.05, 4.69) is 0 Å². The molecule has 0 aliphatic heterocycles. The first kappa shape index (κ1) is 15.1. The van der Waals surface area contributed by atoms with Crippen LogP contribution in [-0.4, -0.2) is 17.5 Å². The van der Waals surface area contributed by atoms with Gasteiger partial charge < -0.3 is 5.11 Å². The SMILES string of the molecule is OC(c1ccc2c3c(cccc13)CC2)(C(F)(F)F)C(F)(F)F. The van der Waals surface area contributed by atoms with Gasteiger partial charge in [-0.15, -0.1) is 0 Å². The molecule has 0 amide bonds. The highest BCUT2D eigenvalue weighted by atomic mass is 19.4. The molecule has 0 radical (unpaired) electrons. The molecular formula is C15H10F6O. The van der Waals surface area contributed by atoms with Gasteiger partial charge in [0.05, 0.1) is 0 Å². The fourth-order valence-corrected chi connectivity index (χ4v) is 3.03. The Hall–Kier alpha value is -1.76. The molecule has 0 aromatic heterocycles. The summed E-state index contributed by atoms with van der Waals surface area (Å²) in [5.41, 5.74) is -4.67. The molecule has 0 spiro atoms. The highest BCUT2D eigenvalue weighted by Gasteiger charge is 2.71. The van der Waals surface area contributed by atoms with Gasteiger partial charge in [-0.25, -0.2) is 0 Å². The van der Waals surface area contributed by atoms with Gasteiger partial charge in [-0.3, -0.25) is 0 Å². The molecule has 1 aliphatic rings. The van der Waals surface area contributed by atoms with E-state index in [0.717, 1.165) is 6.07 Å². The molecule has 0 saturated carbocycles. The predicted octanol–water partition coefficient (Wildman–Crippen LogP) is 4.25. The third kappa shape index (κ3) is 1.84. The molecule has 1 aliphatic carbocycles. The molecule has 1 N–H and O–H groups in total. The zero-order valence-electron chi connectivity index (χ0n) is 11.0. The summed E-state index contributed by atoms with van der Waals surface area (Å²) in [7, 11) is 0. The maximum Gasteiger partial charge on any atom is 0.430 e. The number of hydrogen-bond donors (Lipinski definition) is 1. The molecule has 22 heavy (non-hydrogen) atoms. The summed E-state index contributed by atoms with van der Waals surface area (Å²) < 4.78 is 78.4. The van der Waals surface area contributed by atoms with Crippen LogP contribution in [0.4, 0.5) is 26.3 Å². The van der Waals surface area contributed by atoms with Gasteiger partial charge >= 0.3 is 12.4 Å². The average molecular weight is 320 g/mol. The summed E-state index contributed by atoms with van der Waals surface area (Å²) in [6.45, 7) is 0. The van der Waals surface area contributed by atoms with Gasteiger partial charge in [0.1, 0.15) is 0 Å². The van der Waals surface area contributed by atoms with Gasteiger partial charge in [0.15, 0.2) is 0 Å². The minimum absolute atomic E-state index is 0.204. The molecule has 0 unspecified atom stereocenters. The molecule has 0 heterocycles. The second kappa shape index (κ2) is 4.38. The molecular weight excluding hydrogens is 310 g/mol. The summed E-state index contributed by atoms with van der Waals surface area (Å²) in [6.07, 6.45) is -10.6. The van der Waals surface area contributed by atoms with E-state index in [1.54, 1.807) is 6.07 Å². The van der Waals surface area contributed by atoms with Crippen LogP contribution in [0.3, 0.4) is 0 Å². The summed E-state index contributed by atoms with van der Waals surface area (Å²) in [5, 5.41) is 9.78. The lowest BCUT2D eigenvalue weighted by Crippen LogP contribution is -2.54. The number of rotatable bonds is 1. The third-order valence-corrected chi connectivity index (χ3v) is 4.09. The molecule has 0 bridgehead atoms. The Morgan fingerprint density at radius 3 is 1.86 bits per heavy atom. The summed E-state index contributed by atoms with van der Waals surface area (Å²) in [5.74, 6) is 0. The van der Waals surface area contributed by atoms with Crippen LogP contribution in [0.15, 0.2) is 30.3 Å². The monoisotopic (exact) mass is 320 g/mol. The Bertz CT molecular complexity index is 720. The molecule has 0 atom stereocenters. The standard InChI is InChI=1S/C15H10F6O/c16-14(17,18)13(22,15(19,20)21)11-7-6-9-5-4-8-2-1-3-10(11)12(8)9/h1-3,6-7,22H,4-5H2. The van der Waals surface area contributed by atoms with Crippen molar-refractivity contribution in [3.63, 3.8) is 0 Å². The van der Waals surface area contributed by atoms with E-state index in [4.69, 9.17) is 0 Å². The average Bonchev–Trinajstić information content (AvgIpc) is 2.81. The van der Waals surface area contributed by atoms with Crippen LogP contribution in [0, 0.1) is 0 Å². The fraction of sp³-hybridized carbons (Fsp3) is 0.333. The van der Waals surface area contributed by atoms with Crippen LogP contribution < -0.4 is 0 Å². The number of alkyl halides is 6. The van der Waals surface area contributed by atoms with Crippen LogP contribution in [0.5, 0.6) is 0 Å². The Balaban J connectivity index is 2.39. The third-order valence-electron chi connectivity index (χ3n) is 4.09.